The van der Waals surface area contributed by atoms with Crippen molar-refractivity contribution >= 4 is 5.91 Å². The van der Waals surface area contributed by atoms with Crippen molar-refractivity contribution in [1.82, 2.24) is 5.32 Å². The van der Waals surface area contributed by atoms with Gasteiger partial charge in [0.25, 0.3) is 5.91 Å². The highest BCUT2D eigenvalue weighted by molar-refractivity contribution is 5.94. The first-order valence-electron chi connectivity index (χ1n) is 6.38. The summed E-state index contributed by atoms with van der Waals surface area (Å²) in [6, 6.07) is 4.17. The third-order valence-electron chi connectivity index (χ3n) is 3.07. The molecule has 0 unspecified atom stereocenters. The van der Waals surface area contributed by atoms with Gasteiger partial charge in [-0.15, -0.1) is 0 Å². The van der Waals surface area contributed by atoms with E-state index in [1.807, 2.05) is 0 Å². The van der Waals surface area contributed by atoms with Crippen LogP contribution in [0.25, 0.3) is 0 Å². The summed E-state index contributed by atoms with van der Waals surface area (Å²) in [4.78, 5) is 11.8. The fourth-order valence-corrected chi connectivity index (χ4v) is 1.79. The SMILES string of the molecule is O=C(NCCC1CC1)c1ccc(C#CCO)c(F)c1. The summed E-state index contributed by atoms with van der Waals surface area (Å²) in [5, 5.41) is 11.3. The van der Waals surface area contributed by atoms with Gasteiger partial charge >= 0.3 is 0 Å². The van der Waals surface area contributed by atoms with E-state index in [4.69, 9.17) is 5.11 Å². The molecule has 0 heterocycles. The highest BCUT2D eigenvalue weighted by atomic mass is 19.1. The number of aliphatic hydroxyl groups excluding tert-OH is 1. The number of hydrogen-bond acceptors (Lipinski definition) is 2. The van der Waals surface area contributed by atoms with Crippen LogP contribution >= 0.6 is 0 Å². The molecule has 2 rings (SSSR count). The number of nitrogens with one attached hydrogen (secondary N) is 1. The molecule has 1 aliphatic carbocycles. The number of benzene rings is 1. The largest absolute Gasteiger partial charge is 0.384 e. The van der Waals surface area contributed by atoms with E-state index in [1.54, 1.807) is 0 Å². The smallest absolute Gasteiger partial charge is 0.251 e. The van der Waals surface area contributed by atoms with Crippen molar-refractivity contribution in [3.8, 4) is 11.8 Å². The van der Waals surface area contributed by atoms with Gasteiger partial charge in [-0.1, -0.05) is 24.7 Å². The Morgan fingerprint density at radius 3 is 2.89 bits per heavy atom. The molecule has 0 aromatic heterocycles. The summed E-state index contributed by atoms with van der Waals surface area (Å²) in [5.74, 6) is 4.81. The summed E-state index contributed by atoms with van der Waals surface area (Å²) >= 11 is 0. The number of rotatable bonds is 4. The minimum absolute atomic E-state index is 0.184. The lowest BCUT2D eigenvalue weighted by Gasteiger charge is -2.05. The van der Waals surface area contributed by atoms with Crippen molar-refractivity contribution in [2.24, 2.45) is 5.92 Å². The monoisotopic (exact) mass is 261 g/mol. The van der Waals surface area contributed by atoms with E-state index in [0.717, 1.165) is 12.3 Å². The van der Waals surface area contributed by atoms with Gasteiger partial charge in [0.05, 0.1) is 5.56 Å². The van der Waals surface area contributed by atoms with E-state index < -0.39 is 5.82 Å². The van der Waals surface area contributed by atoms with Gasteiger partial charge in [0.15, 0.2) is 0 Å². The molecule has 0 radical (unpaired) electrons. The lowest BCUT2D eigenvalue weighted by atomic mass is 10.1. The molecule has 1 saturated carbocycles. The van der Waals surface area contributed by atoms with Crippen molar-refractivity contribution in [1.29, 1.82) is 0 Å². The first-order valence-corrected chi connectivity index (χ1v) is 6.38. The van der Waals surface area contributed by atoms with Crippen LogP contribution in [0.1, 0.15) is 35.2 Å². The van der Waals surface area contributed by atoms with Crippen LogP contribution in [0.3, 0.4) is 0 Å². The lowest BCUT2D eigenvalue weighted by molar-refractivity contribution is 0.0952. The number of halogens is 1. The van der Waals surface area contributed by atoms with Gasteiger partial charge in [0.1, 0.15) is 12.4 Å². The number of carbonyl (C=O) groups is 1. The predicted octanol–water partition coefficient (Wildman–Crippen LogP) is 1.70. The van der Waals surface area contributed by atoms with E-state index in [9.17, 15) is 9.18 Å². The second-order valence-electron chi connectivity index (χ2n) is 4.64. The Labute approximate surface area is 111 Å². The maximum Gasteiger partial charge on any atom is 0.251 e. The van der Waals surface area contributed by atoms with Gasteiger partial charge in [-0.25, -0.2) is 4.39 Å². The van der Waals surface area contributed by atoms with Crippen LogP contribution in [0, 0.1) is 23.6 Å². The summed E-state index contributed by atoms with van der Waals surface area (Å²) in [6.45, 7) is 0.319. The molecular weight excluding hydrogens is 245 g/mol. The maximum atomic E-state index is 13.6. The molecule has 1 aromatic carbocycles. The van der Waals surface area contributed by atoms with Crippen LogP contribution in [-0.2, 0) is 0 Å². The molecule has 1 amide bonds. The lowest BCUT2D eigenvalue weighted by Crippen LogP contribution is -2.24. The molecule has 0 aliphatic heterocycles. The zero-order chi connectivity index (χ0) is 13.7. The van der Waals surface area contributed by atoms with Crippen molar-refractivity contribution in [2.45, 2.75) is 19.3 Å². The molecular formula is C15H16FNO2. The highest BCUT2D eigenvalue weighted by Gasteiger charge is 2.20. The van der Waals surface area contributed by atoms with Crippen LogP contribution in [0.2, 0.25) is 0 Å². The van der Waals surface area contributed by atoms with Crippen LogP contribution < -0.4 is 5.32 Å². The fraction of sp³-hybridized carbons (Fsp3) is 0.400. The van der Waals surface area contributed by atoms with Gasteiger partial charge in [-0.2, -0.15) is 0 Å². The van der Waals surface area contributed by atoms with Gasteiger partial charge in [0.2, 0.25) is 0 Å². The summed E-state index contributed by atoms with van der Waals surface area (Å²) in [6.07, 6.45) is 3.50. The molecule has 19 heavy (non-hydrogen) atoms. The Balaban J connectivity index is 1.95. The van der Waals surface area contributed by atoms with E-state index in [1.165, 1.54) is 31.0 Å². The molecule has 3 nitrogen and oxygen atoms in total. The molecule has 0 atom stereocenters. The first-order chi connectivity index (χ1) is 9.20. The van der Waals surface area contributed by atoms with Crippen LogP contribution in [-0.4, -0.2) is 24.2 Å². The van der Waals surface area contributed by atoms with Crippen molar-refractivity contribution < 1.29 is 14.3 Å². The van der Waals surface area contributed by atoms with E-state index in [0.29, 0.717) is 12.1 Å². The number of hydrogen-bond donors (Lipinski definition) is 2. The van der Waals surface area contributed by atoms with Crippen LogP contribution in [0.4, 0.5) is 4.39 Å². The molecule has 100 valence electrons. The third kappa shape index (κ3) is 4.08. The molecule has 1 aliphatic rings. The molecule has 2 N–H and O–H groups in total. The second-order valence-corrected chi connectivity index (χ2v) is 4.64. The predicted molar refractivity (Wildman–Crippen MR) is 70.0 cm³/mol. The average Bonchev–Trinajstić information content (AvgIpc) is 3.21. The number of carbonyl (C=O) groups excluding carboxylic acids is 1. The number of amides is 1. The van der Waals surface area contributed by atoms with Gasteiger partial charge in [-0.05, 0) is 30.5 Å². The zero-order valence-electron chi connectivity index (χ0n) is 10.6. The highest BCUT2D eigenvalue weighted by Crippen LogP contribution is 2.31. The molecule has 0 saturated heterocycles. The summed E-state index contributed by atoms with van der Waals surface area (Å²) in [7, 11) is 0. The van der Waals surface area contributed by atoms with Crippen molar-refractivity contribution in [2.75, 3.05) is 13.2 Å². The van der Waals surface area contributed by atoms with Gasteiger partial charge in [0, 0.05) is 12.1 Å². The average molecular weight is 261 g/mol. The molecule has 0 bridgehead atoms. The quantitative estimate of drug-likeness (QED) is 0.810. The first kappa shape index (κ1) is 13.6. The van der Waals surface area contributed by atoms with Crippen LogP contribution in [0.5, 0.6) is 0 Å². The van der Waals surface area contributed by atoms with E-state index >= 15 is 0 Å². The molecule has 0 spiro atoms. The van der Waals surface area contributed by atoms with Gasteiger partial charge < -0.3 is 10.4 Å². The zero-order valence-corrected chi connectivity index (χ0v) is 10.6. The third-order valence-corrected chi connectivity index (χ3v) is 3.07. The van der Waals surface area contributed by atoms with Crippen molar-refractivity contribution in [3.05, 3.63) is 35.1 Å². The molecule has 1 fully saturated rings. The standard InChI is InChI=1S/C15H16FNO2/c16-14-10-13(6-5-12(14)2-1-9-18)15(19)17-8-7-11-3-4-11/h5-6,10-11,18H,3-4,7-9H2,(H,17,19). The second kappa shape index (κ2) is 6.35. The Hall–Kier alpha value is -1.86. The van der Waals surface area contributed by atoms with Gasteiger partial charge in [-0.3, -0.25) is 4.79 Å². The molecule has 4 heteroatoms. The number of aliphatic hydroxyl groups is 1. The van der Waals surface area contributed by atoms with Crippen LogP contribution in [0.15, 0.2) is 18.2 Å². The summed E-state index contributed by atoms with van der Waals surface area (Å²) in [5.41, 5.74) is 0.478. The Bertz CT molecular complexity index is 527. The Morgan fingerprint density at radius 1 is 1.47 bits per heavy atom. The topological polar surface area (TPSA) is 49.3 Å². The minimum Gasteiger partial charge on any atom is -0.384 e. The molecule has 1 aromatic rings. The normalized spacial score (nSPS) is 13.6. The van der Waals surface area contributed by atoms with E-state index in [-0.39, 0.29) is 18.1 Å². The van der Waals surface area contributed by atoms with E-state index in [2.05, 4.69) is 17.2 Å². The maximum absolute atomic E-state index is 13.6. The van der Waals surface area contributed by atoms with Crippen molar-refractivity contribution in [3.63, 3.8) is 0 Å². The Morgan fingerprint density at radius 2 is 2.26 bits per heavy atom. The minimum atomic E-state index is -0.546. The fourth-order valence-electron chi connectivity index (χ4n) is 1.79. The summed E-state index contributed by atoms with van der Waals surface area (Å²) < 4.78 is 13.6. The Kier molecular flexibility index (Phi) is 4.53.